The Balaban J connectivity index is 2.39. The van der Waals surface area contributed by atoms with Crippen LogP contribution in [-0.2, 0) is 0 Å². The van der Waals surface area contributed by atoms with E-state index in [0.29, 0.717) is 5.75 Å². The number of hydrogen-bond acceptors (Lipinski definition) is 4. The van der Waals surface area contributed by atoms with Gasteiger partial charge in [-0.3, -0.25) is 0 Å². The molecule has 0 amide bonds. The lowest BCUT2D eigenvalue weighted by Crippen LogP contribution is -2.10. The van der Waals surface area contributed by atoms with E-state index in [-0.39, 0.29) is 0 Å². The lowest BCUT2D eigenvalue weighted by molar-refractivity contribution is 0.246. The van der Waals surface area contributed by atoms with Crippen LogP contribution in [0.15, 0.2) is 30.3 Å². The summed E-state index contributed by atoms with van der Waals surface area (Å²) in [6, 6.07) is 8.81. The number of nitrogens with one attached hydrogen (secondary N) is 1. The largest absolute Gasteiger partial charge is 0.401 e. The second-order valence-corrected chi connectivity index (χ2v) is 2.56. The third-order valence-corrected chi connectivity index (χ3v) is 1.24. The summed E-state index contributed by atoms with van der Waals surface area (Å²) in [6.45, 7) is 0. The lowest BCUT2D eigenvalue weighted by Gasteiger charge is -2.05. The lowest BCUT2D eigenvalue weighted by atomic mass is 10.3. The van der Waals surface area contributed by atoms with E-state index in [1.807, 2.05) is 11.3 Å². The fraction of sp³-hybridized carbons (Fsp3) is 0. The Labute approximate surface area is 65.4 Å². The van der Waals surface area contributed by atoms with E-state index >= 15 is 0 Å². The van der Waals surface area contributed by atoms with Crippen molar-refractivity contribution in [3.63, 3.8) is 0 Å². The van der Waals surface area contributed by atoms with Crippen molar-refractivity contribution in [2.24, 2.45) is 0 Å². The van der Waals surface area contributed by atoms with Gasteiger partial charge in [-0.25, -0.2) is 0 Å². The topological polar surface area (TPSA) is 61.7 Å². The monoisotopic (exact) mass is 173 g/mol. The van der Waals surface area contributed by atoms with Crippen LogP contribution in [0.3, 0.4) is 0 Å². The second kappa shape index (κ2) is 4.26. The smallest absolute Gasteiger partial charge is 0.285 e. The molecule has 1 aromatic carbocycles. The molecule has 0 spiro atoms. The Morgan fingerprint density at radius 3 is 2.36 bits per heavy atom. The van der Waals surface area contributed by atoms with E-state index in [1.165, 1.54) is 0 Å². The van der Waals surface area contributed by atoms with Gasteiger partial charge in [0.05, 0.1) is 0 Å². The summed E-state index contributed by atoms with van der Waals surface area (Å²) in [7, 11) is -2.20. The third kappa shape index (κ3) is 3.30. The Morgan fingerprint density at radius 2 is 1.82 bits per heavy atom. The van der Waals surface area contributed by atoms with Crippen molar-refractivity contribution < 1.29 is 14.6 Å². The van der Waals surface area contributed by atoms with Gasteiger partial charge in [-0.05, 0) is 12.1 Å². The first kappa shape index (κ1) is 8.43. The highest BCUT2D eigenvalue weighted by Gasteiger charge is 1.96. The Kier molecular flexibility index (Phi) is 3.26. The maximum absolute atomic E-state index is 8.40. The highest BCUT2D eigenvalue weighted by Crippen LogP contribution is 2.17. The SMILES string of the molecule is OP(O)NOc1ccccc1. The predicted molar refractivity (Wildman–Crippen MR) is 41.6 cm³/mol. The molecule has 4 nitrogen and oxygen atoms in total. The van der Waals surface area contributed by atoms with Crippen molar-refractivity contribution in [3.05, 3.63) is 30.3 Å². The molecule has 0 aliphatic carbocycles. The van der Waals surface area contributed by atoms with Crippen molar-refractivity contribution >= 4 is 8.53 Å². The molecule has 0 saturated carbocycles. The molecule has 1 rings (SSSR count). The van der Waals surface area contributed by atoms with Gasteiger partial charge in [0.15, 0.2) is 0 Å². The molecule has 0 fully saturated rings. The van der Waals surface area contributed by atoms with E-state index in [2.05, 4.69) is 0 Å². The van der Waals surface area contributed by atoms with Crippen LogP contribution in [0.2, 0.25) is 0 Å². The molecular formula is C6H8NO3P. The molecule has 0 atom stereocenters. The van der Waals surface area contributed by atoms with Crippen molar-refractivity contribution in [1.82, 2.24) is 5.25 Å². The van der Waals surface area contributed by atoms with Crippen LogP contribution in [0.1, 0.15) is 0 Å². The van der Waals surface area contributed by atoms with Crippen molar-refractivity contribution in [3.8, 4) is 5.75 Å². The highest BCUT2D eigenvalue weighted by molar-refractivity contribution is 7.42. The third-order valence-electron chi connectivity index (χ3n) is 0.988. The van der Waals surface area contributed by atoms with Crippen LogP contribution < -0.4 is 10.1 Å². The highest BCUT2D eigenvalue weighted by atomic mass is 31.2. The first-order valence-electron chi connectivity index (χ1n) is 2.94. The summed E-state index contributed by atoms with van der Waals surface area (Å²) in [6.07, 6.45) is 0. The predicted octanol–water partition coefficient (Wildman–Crippen LogP) is 0.781. The minimum absolute atomic E-state index is 0.545. The van der Waals surface area contributed by atoms with Gasteiger partial charge in [0, 0.05) is 0 Å². The number of para-hydroxylation sites is 1. The fourth-order valence-corrected chi connectivity index (χ4v) is 0.769. The summed E-state index contributed by atoms with van der Waals surface area (Å²) < 4.78 is 0. The molecule has 0 aliphatic rings. The van der Waals surface area contributed by atoms with Gasteiger partial charge in [-0.15, -0.1) is 0 Å². The summed E-state index contributed by atoms with van der Waals surface area (Å²) in [4.78, 5) is 21.5. The van der Waals surface area contributed by atoms with Crippen molar-refractivity contribution in [2.75, 3.05) is 0 Å². The van der Waals surface area contributed by atoms with Gasteiger partial charge in [0.25, 0.3) is 8.53 Å². The quantitative estimate of drug-likeness (QED) is 0.467. The molecular weight excluding hydrogens is 165 g/mol. The van der Waals surface area contributed by atoms with E-state index in [1.54, 1.807) is 24.3 Å². The first-order valence-corrected chi connectivity index (χ1v) is 4.19. The molecule has 0 bridgehead atoms. The first-order chi connectivity index (χ1) is 5.29. The van der Waals surface area contributed by atoms with E-state index in [9.17, 15) is 0 Å². The van der Waals surface area contributed by atoms with Gasteiger partial charge in [-0.2, -0.15) is 0 Å². The van der Waals surface area contributed by atoms with Crippen LogP contribution >= 0.6 is 8.53 Å². The zero-order valence-corrected chi connectivity index (χ0v) is 6.53. The molecule has 60 valence electrons. The zero-order valence-electron chi connectivity index (χ0n) is 5.64. The molecule has 1 aromatic rings. The van der Waals surface area contributed by atoms with Crippen LogP contribution in [-0.4, -0.2) is 9.79 Å². The molecule has 0 heterocycles. The minimum Gasteiger partial charge on any atom is -0.401 e. The molecule has 11 heavy (non-hydrogen) atoms. The number of rotatable bonds is 3. The van der Waals surface area contributed by atoms with E-state index in [4.69, 9.17) is 14.6 Å². The average Bonchev–Trinajstić information content (AvgIpc) is 2.03. The zero-order chi connectivity index (χ0) is 8.10. The van der Waals surface area contributed by atoms with Gasteiger partial charge >= 0.3 is 0 Å². The summed E-state index contributed by atoms with van der Waals surface area (Å²) in [5.41, 5.74) is 0. The van der Waals surface area contributed by atoms with Crippen molar-refractivity contribution in [1.29, 1.82) is 0 Å². The Bertz CT molecular complexity index is 204. The molecule has 0 saturated heterocycles. The van der Waals surface area contributed by atoms with Gasteiger partial charge in [0.1, 0.15) is 5.75 Å². The van der Waals surface area contributed by atoms with Crippen LogP contribution in [0, 0.1) is 0 Å². The van der Waals surface area contributed by atoms with Gasteiger partial charge < -0.3 is 14.6 Å². The average molecular weight is 173 g/mol. The van der Waals surface area contributed by atoms with Gasteiger partial charge in [-0.1, -0.05) is 23.4 Å². The van der Waals surface area contributed by atoms with Crippen LogP contribution in [0.25, 0.3) is 0 Å². The van der Waals surface area contributed by atoms with Crippen LogP contribution in [0.4, 0.5) is 0 Å². The Hall–Kier alpha value is -0.670. The van der Waals surface area contributed by atoms with Gasteiger partial charge in [0.2, 0.25) is 0 Å². The normalized spacial score (nSPS) is 10.1. The number of benzene rings is 1. The minimum atomic E-state index is -2.20. The fourth-order valence-electron chi connectivity index (χ4n) is 0.582. The summed E-state index contributed by atoms with van der Waals surface area (Å²) >= 11 is 0. The second-order valence-electron chi connectivity index (χ2n) is 1.80. The molecule has 5 heteroatoms. The van der Waals surface area contributed by atoms with E-state index in [0.717, 1.165) is 0 Å². The maximum Gasteiger partial charge on any atom is 0.285 e. The van der Waals surface area contributed by atoms with Crippen molar-refractivity contribution in [2.45, 2.75) is 0 Å². The molecule has 0 aliphatic heterocycles. The molecule has 0 unspecified atom stereocenters. The maximum atomic E-state index is 8.40. The summed E-state index contributed by atoms with van der Waals surface area (Å²) in [5, 5.41) is 2.04. The molecule has 3 N–H and O–H groups in total. The van der Waals surface area contributed by atoms with Crippen LogP contribution in [0.5, 0.6) is 5.75 Å². The molecule has 0 radical (unpaired) electrons. The molecule has 0 aromatic heterocycles. The number of hydrogen-bond donors (Lipinski definition) is 3. The standard InChI is InChI=1S/C6H8NO3P/c8-11(9)7-10-6-4-2-1-3-5-6/h1-5,7-9H. The Morgan fingerprint density at radius 1 is 1.18 bits per heavy atom. The summed E-state index contributed by atoms with van der Waals surface area (Å²) in [5.74, 6) is 0.545. The van der Waals surface area contributed by atoms with E-state index < -0.39 is 8.53 Å².